The average molecular weight is 293 g/mol. The first-order valence-electron chi connectivity index (χ1n) is 5.98. The molecule has 0 heterocycles. The molecule has 0 aliphatic rings. The van der Waals surface area contributed by atoms with E-state index >= 15 is 0 Å². The Hall–Kier alpha value is -0.720. The predicted octanol–water partition coefficient (Wildman–Crippen LogP) is 3.71. The third-order valence-corrected chi connectivity index (χ3v) is 3.34. The Morgan fingerprint density at radius 3 is 2.16 bits per heavy atom. The molecule has 3 N–H and O–H groups in total. The highest BCUT2D eigenvalue weighted by atomic mass is 32.2. The Balaban J connectivity index is 2.70. The SMILES string of the molecule is CC(C)CC(N)C(O)c1ccc(SC(F)(F)F)cc1. The van der Waals surface area contributed by atoms with Crippen molar-refractivity contribution in [2.75, 3.05) is 0 Å². The second kappa shape index (κ2) is 6.63. The van der Waals surface area contributed by atoms with Crippen molar-refractivity contribution in [3.63, 3.8) is 0 Å². The number of benzene rings is 1. The van der Waals surface area contributed by atoms with Gasteiger partial charge in [-0.2, -0.15) is 13.2 Å². The molecule has 1 rings (SSSR count). The summed E-state index contributed by atoms with van der Waals surface area (Å²) in [6, 6.07) is 5.25. The summed E-state index contributed by atoms with van der Waals surface area (Å²) >= 11 is -0.173. The van der Waals surface area contributed by atoms with E-state index in [1.807, 2.05) is 13.8 Å². The van der Waals surface area contributed by atoms with Crippen molar-refractivity contribution in [3.8, 4) is 0 Å². The maximum atomic E-state index is 12.2. The van der Waals surface area contributed by atoms with Gasteiger partial charge in [0.05, 0.1) is 6.10 Å². The normalized spacial score (nSPS) is 15.6. The number of nitrogens with two attached hydrogens (primary N) is 1. The third-order valence-electron chi connectivity index (χ3n) is 2.60. The number of rotatable bonds is 5. The van der Waals surface area contributed by atoms with E-state index in [4.69, 9.17) is 5.73 Å². The van der Waals surface area contributed by atoms with Crippen LogP contribution >= 0.6 is 11.8 Å². The lowest BCUT2D eigenvalue weighted by molar-refractivity contribution is -0.0328. The van der Waals surface area contributed by atoms with Gasteiger partial charge in [-0.1, -0.05) is 26.0 Å². The smallest absolute Gasteiger partial charge is 0.387 e. The van der Waals surface area contributed by atoms with E-state index in [2.05, 4.69) is 0 Å². The van der Waals surface area contributed by atoms with Crippen LogP contribution in [0.25, 0.3) is 0 Å². The van der Waals surface area contributed by atoms with Crippen molar-refractivity contribution in [1.82, 2.24) is 0 Å². The molecule has 108 valence electrons. The second-order valence-corrected chi connectivity index (χ2v) is 5.99. The lowest BCUT2D eigenvalue weighted by Crippen LogP contribution is -2.29. The number of hydrogen-bond acceptors (Lipinski definition) is 3. The number of thioether (sulfide) groups is 1. The van der Waals surface area contributed by atoms with Gasteiger partial charge in [-0.05, 0) is 41.8 Å². The highest BCUT2D eigenvalue weighted by Crippen LogP contribution is 2.37. The molecule has 0 aliphatic heterocycles. The molecule has 0 aromatic heterocycles. The maximum Gasteiger partial charge on any atom is 0.446 e. The summed E-state index contributed by atoms with van der Waals surface area (Å²) in [5.74, 6) is 0.352. The van der Waals surface area contributed by atoms with E-state index in [0.717, 1.165) is 0 Å². The molecule has 0 aliphatic carbocycles. The Bertz CT molecular complexity index is 392. The summed E-state index contributed by atoms with van der Waals surface area (Å²) < 4.78 is 36.5. The summed E-state index contributed by atoms with van der Waals surface area (Å²) in [6.45, 7) is 3.99. The van der Waals surface area contributed by atoms with Gasteiger partial charge in [0, 0.05) is 10.9 Å². The zero-order chi connectivity index (χ0) is 14.6. The van der Waals surface area contributed by atoms with Crippen LogP contribution in [0, 0.1) is 5.92 Å². The number of alkyl halides is 3. The topological polar surface area (TPSA) is 46.2 Å². The summed E-state index contributed by atoms with van der Waals surface area (Å²) in [5.41, 5.74) is 2.10. The highest BCUT2D eigenvalue weighted by molar-refractivity contribution is 8.00. The molecule has 0 fully saturated rings. The van der Waals surface area contributed by atoms with Crippen molar-refractivity contribution in [3.05, 3.63) is 29.8 Å². The monoisotopic (exact) mass is 293 g/mol. The van der Waals surface area contributed by atoms with Crippen LogP contribution in [-0.4, -0.2) is 16.7 Å². The van der Waals surface area contributed by atoms with E-state index in [9.17, 15) is 18.3 Å². The van der Waals surface area contributed by atoms with Gasteiger partial charge >= 0.3 is 5.51 Å². The number of halogens is 3. The largest absolute Gasteiger partial charge is 0.446 e. The first-order valence-corrected chi connectivity index (χ1v) is 6.80. The number of hydrogen-bond donors (Lipinski definition) is 2. The minimum Gasteiger partial charge on any atom is -0.387 e. The van der Waals surface area contributed by atoms with Crippen molar-refractivity contribution in [1.29, 1.82) is 0 Å². The second-order valence-electron chi connectivity index (χ2n) is 4.86. The lowest BCUT2D eigenvalue weighted by Gasteiger charge is -2.21. The van der Waals surface area contributed by atoms with Gasteiger partial charge in [0.1, 0.15) is 0 Å². The molecule has 0 saturated heterocycles. The minimum absolute atomic E-state index is 0.0980. The van der Waals surface area contributed by atoms with E-state index in [-0.39, 0.29) is 16.7 Å². The van der Waals surface area contributed by atoms with Gasteiger partial charge < -0.3 is 10.8 Å². The van der Waals surface area contributed by atoms with E-state index in [1.54, 1.807) is 0 Å². The van der Waals surface area contributed by atoms with Gasteiger partial charge in [-0.25, -0.2) is 0 Å². The van der Waals surface area contributed by atoms with Crippen molar-refractivity contribution >= 4 is 11.8 Å². The molecule has 1 aromatic rings. The Morgan fingerprint density at radius 1 is 1.21 bits per heavy atom. The zero-order valence-electron chi connectivity index (χ0n) is 10.8. The van der Waals surface area contributed by atoms with Crippen LogP contribution in [0.5, 0.6) is 0 Å². The van der Waals surface area contributed by atoms with Crippen molar-refractivity contribution in [2.24, 2.45) is 11.7 Å². The first kappa shape index (κ1) is 16.3. The molecule has 2 nitrogen and oxygen atoms in total. The summed E-state index contributed by atoms with van der Waals surface area (Å²) in [4.78, 5) is 0.0980. The van der Waals surface area contributed by atoms with Crippen LogP contribution in [0.1, 0.15) is 31.9 Å². The molecule has 19 heavy (non-hydrogen) atoms. The quantitative estimate of drug-likeness (QED) is 0.814. The minimum atomic E-state index is -4.30. The summed E-state index contributed by atoms with van der Waals surface area (Å²) in [6.07, 6.45) is -0.201. The molecule has 0 spiro atoms. The van der Waals surface area contributed by atoms with Crippen LogP contribution in [0.3, 0.4) is 0 Å². The van der Waals surface area contributed by atoms with Crippen molar-refractivity contribution < 1.29 is 18.3 Å². The maximum absolute atomic E-state index is 12.2. The number of aliphatic hydroxyl groups is 1. The van der Waals surface area contributed by atoms with Crippen LogP contribution in [-0.2, 0) is 0 Å². The molecule has 0 radical (unpaired) electrons. The molecule has 0 saturated carbocycles. The van der Waals surface area contributed by atoms with Crippen LogP contribution in [0.4, 0.5) is 13.2 Å². The fraction of sp³-hybridized carbons (Fsp3) is 0.538. The van der Waals surface area contributed by atoms with E-state index < -0.39 is 17.7 Å². The van der Waals surface area contributed by atoms with Gasteiger partial charge in [0.2, 0.25) is 0 Å². The van der Waals surface area contributed by atoms with Gasteiger partial charge in [0.15, 0.2) is 0 Å². The standard InChI is InChI=1S/C13H18F3NOS/c1-8(2)7-11(17)12(18)9-3-5-10(6-4-9)19-13(14,15)16/h3-6,8,11-12,18H,7,17H2,1-2H3. The molecule has 2 unspecified atom stereocenters. The van der Waals surface area contributed by atoms with E-state index in [1.165, 1.54) is 24.3 Å². The molecular weight excluding hydrogens is 275 g/mol. The lowest BCUT2D eigenvalue weighted by atomic mass is 9.95. The highest BCUT2D eigenvalue weighted by Gasteiger charge is 2.29. The molecule has 0 bridgehead atoms. The fourth-order valence-corrected chi connectivity index (χ4v) is 2.33. The molecule has 6 heteroatoms. The zero-order valence-corrected chi connectivity index (χ0v) is 11.6. The Labute approximate surface area is 115 Å². The van der Waals surface area contributed by atoms with Gasteiger partial charge in [-0.15, -0.1) is 0 Å². The number of aliphatic hydroxyl groups excluding tert-OH is 1. The summed E-state index contributed by atoms with van der Waals surface area (Å²) in [7, 11) is 0. The van der Waals surface area contributed by atoms with Crippen LogP contribution in [0.2, 0.25) is 0 Å². The molecule has 0 amide bonds. The fourth-order valence-electron chi connectivity index (χ4n) is 1.79. The van der Waals surface area contributed by atoms with Gasteiger partial charge in [0.25, 0.3) is 0 Å². The third kappa shape index (κ3) is 5.84. The molecule has 2 atom stereocenters. The molecular formula is C13H18F3NOS. The molecule has 1 aromatic carbocycles. The summed E-state index contributed by atoms with van der Waals surface area (Å²) in [5, 5.41) is 10.0. The predicted molar refractivity (Wildman–Crippen MR) is 70.7 cm³/mol. The van der Waals surface area contributed by atoms with Crippen LogP contribution in [0.15, 0.2) is 29.2 Å². The average Bonchev–Trinajstić information content (AvgIpc) is 2.26. The van der Waals surface area contributed by atoms with Gasteiger partial charge in [-0.3, -0.25) is 0 Å². The van der Waals surface area contributed by atoms with E-state index in [0.29, 0.717) is 17.9 Å². The van der Waals surface area contributed by atoms with Crippen molar-refractivity contribution in [2.45, 2.75) is 42.8 Å². The first-order chi connectivity index (χ1) is 8.69. The Kier molecular flexibility index (Phi) is 5.70. The Morgan fingerprint density at radius 2 is 1.74 bits per heavy atom. The van der Waals surface area contributed by atoms with Crippen LogP contribution < -0.4 is 5.73 Å².